The third-order valence-electron chi connectivity index (χ3n) is 5.73. The first-order valence-electron chi connectivity index (χ1n) is 9.89. The van der Waals surface area contributed by atoms with Crippen LogP contribution < -0.4 is 4.90 Å². The monoisotopic (exact) mass is 407 g/mol. The molecule has 1 aromatic carbocycles. The first kappa shape index (κ1) is 18.1. The normalized spacial score (nSPS) is 16.8. The molecule has 0 N–H and O–H groups in total. The second kappa shape index (κ2) is 7.48. The molecule has 29 heavy (non-hydrogen) atoms. The van der Waals surface area contributed by atoms with Crippen LogP contribution in [0.25, 0.3) is 10.8 Å². The smallest absolute Gasteiger partial charge is 0.265 e. The van der Waals surface area contributed by atoms with Crippen molar-refractivity contribution >= 4 is 28.8 Å². The van der Waals surface area contributed by atoms with Crippen molar-refractivity contribution in [3.63, 3.8) is 0 Å². The molecule has 2 aliphatic heterocycles. The lowest BCUT2D eigenvalue weighted by molar-refractivity contribution is -0.123. The van der Waals surface area contributed by atoms with E-state index in [-0.39, 0.29) is 17.7 Å². The summed E-state index contributed by atoms with van der Waals surface area (Å²) in [6.45, 7) is 1.95. The lowest BCUT2D eigenvalue weighted by atomic mass is 9.95. The first-order chi connectivity index (χ1) is 14.2. The summed E-state index contributed by atoms with van der Waals surface area (Å²) >= 11 is 1.34. The summed E-state index contributed by atoms with van der Waals surface area (Å²) in [7, 11) is 0. The Hall–Kier alpha value is -2.93. The Morgan fingerprint density at radius 1 is 1.07 bits per heavy atom. The zero-order chi connectivity index (χ0) is 19.8. The highest BCUT2D eigenvalue weighted by Gasteiger charge is 2.33. The van der Waals surface area contributed by atoms with Gasteiger partial charge in [0.25, 0.3) is 5.91 Å². The topological polar surface area (TPSA) is 66.7 Å². The Labute approximate surface area is 172 Å². The molecule has 148 valence electrons. The minimum Gasteiger partial charge on any atom is -0.462 e. The SMILES string of the molecule is O=C(c1cnc(-c2ccco2)s1)N1CCC(C(=O)N2CCc3ccccc32)CC1. The molecule has 0 atom stereocenters. The molecule has 2 aromatic heterocycles. The van der Waals surface area contributed by atoms with E-state index in [4.69, 9.17) is 4.42 Å². The number of benzene rings is 1. The van der Waals surface area contributed by atoms with Gasteiger partial charge in [0.1, 0.15) is 4.88 Å². The van der Waals surface area contributed by atoms with Gasteiger partial charge in [-0.1, -0.05) is 18.2 Å². The van der Waals surface area contributed by atoms with E-state index in [1.165, 1.54) is 16.9 Å². The summed E-state index contributed by atoms with van der Waals surface area (Å²) < 4.78 is 5.35. The number of nitrogens with zero attached hydrogens (tertiary/aromatic N) is 3. The molecule has 7 heteroatoms. The number of amides is 2. The van der Waals surface area contributed by atoms with Crippen LogP contribution in [-0.4, -0.2) is 41.3 Å². The van der Waals surface area contributed by atoms with E-state index in [1.807, 2.05) is 34.1 Å². The standard InChI is InChI=1S/C22H21N3O3S/c26-21(25-12-9-15-4-1-2-5-17(15)25)16-7-10-24(11-8-16)22(27)19-14-23-20(29-19)18-6-3-13-28-18/h1-6,13-14,16H,7-12H2. The fourth-order valence-corrected chi connectivity index (χ4v) is 5.01. The highest BCUT2D eigenvalue weighted by molar-refractivity contribution is 7.16. The Bertz CT molecular complexity index is 1040. The number of para-hydroxylation sites is 1. The fourth-order valence-electron chi connectivity index (χ4n) is 4.16. The molecular formula is C22H21N3O3S. The molecule has 0 aliphatic carbocycles. The van der Waals surface area contributed by atoms with Gasteiger partial charge in [0.15, 0.2) is 10.8 Å². The van der Waals surface area contributed by atoms with E-state index < -0.39 is 0 Å². The molecule has 4 heterocycles. The van der Waals surface area contributed by atoms with E-state index in [2.05, 4.69) is 11.1 Å². The third-order valence-corrected chi connectivity index (χ3v) is 6.73. The molecule has 0 spiro atoms. The molecule has 3 aromatic rings. The number of piperidine rings is 1. The fraction of sp³-hybridized carbons (Fsp3) is 0.318. The van der Waals surface area contributed by atoms with Gasteiger partial charge < -0.3 is 14.2 Å². The average molecular weight is 407 g/mol. The highest BCUT2D eigenvalue weighted by atomic mass is 32.1. The maximum Gasteiger partial charge on any atom is 0.265 e. The molecule has 1 fully saturated rings. The predicted octanol–water partition coefficient (Wildman–Crippen LogP) is 3.84. The number of likely N-dealkylation sites (tertiary alicyclic amines) is 1. The van der Waals surface area contributed by atoms with Crippen molar-refractivity contribution in [3.8, 4) is 10.8 Å². The Kier molecular flexibility index (Phi) is 4.67. The van der Waals surface area contributed by atoms with Gasteiger partial charge >= 0.3 is 0 Å². The van der Waals surface area contributed by atoms with Gasteiger partial charge in [0, 0.05) is 31.2 Å². The predicted molar refractivity (Wildman–Crippen MR) is 111 cm³/mol. The summed E-state index contributed by atoms with van der Waals surface area (Å²) in [4.78, 5) is 34.6. The van der Waals surface area contributed by atoms with Crippen LogP contribution in [-0.2, 0) is 11.2 Å². The number of fused-ring (bicyclic) bond motifs is 1. The number of thiazole rings is 1. The molecule has 1 saturated heterocycles. The van der Waals surface area contributed by atoms with Gasteiger partial charge in [-0.2, -0.15) is 0 Å². The molecule has 2 aliphatic rings. The lowest BCUT2D eigenvalue weighted by Gasteiger charge is -2.33. The van der Waals surface area contributed by atoms with E-state index in [0.717, 1.165) is 18.7 Å². The molecule has 0 unspecified atom stereocenters. The maximum atomic E-state index is 13.0. The zero-order valence-electron chi connectivity index (χ0n) is 15.9. The van der Waals surface area contributed by atoms with E-state index in [1.54, 1.807) is 18.5 Å². The number of anilines is 1. The van der Waals surface area contributed by atoms with E-state index in [9.17, 15) is 9.59 Å². The second-order valence-electron chi connectivity index (χ2n) is 7.44. The van der Waals surface area contributed by atoms with Crippen molar-refractivity contribution in [3.05, 3.63) is 59.3 Å². The quantitative estimate of drug-likeness (QED) is 0.662. The van der Waals surface area contributed by atoms with Crippen molar-refractivity contribution in [2.75, 3.05) is 24.5 Å². The molecular weight excluding hydrogens is 386 g/mol. The number of hydrogen-bond donors (Lipinski definition) is 0. The van der Waals surface area contributed by atoms with Crippen LogP contribution in [0.1, 0.15) is 28.1 Å². The number of hydrogen-bond acceptors (Lipinski definition) is 5. The number of aromatic nitrogens is 1. The van der Waals surface area contributed by atoms with Crippen molar-refractivity contribution in [2.45, 2.75) is 19.3 Å². The van der Waals surface area contributed by atoms with Crippen molar-refractivity contribution in [1.29, 1.82) is 0 Å². The first-order valence-corrected chi connectivity index (χ1v) is 10.7. The Morgan fingerprint density at radius 2 is 1.90 bits per heavy atom. The van der Waals surface area contributed by atoms with Crippen molar-refractivity contribution in [1.82, 2.24) is 9.88 Å². The van der Waals surface area contributed by atoms with Crippen LogP contribution in [0, 0.1) is 5.92 Å². The summed E-state index contributed by atoms with van der Waals surface area (Å²) in [5, 5.41) is 0.705. The van der Waals surface area contributed by atoms with Crippen LogP contribution in [0.3, 0.4) is 0 Å². The molecule has 6 nitrogen and oxygen atoms in total. The number of carbonyl (C=O) groups excluding carboxylic acids is 2. The summed E-state index contributed by atoms with van der Waals surface area (Å²) in [6, 6.07) is 11.8. The largest absolute Gasteiger partial charge is 0.462 e. The Morgan fingerprint density at radius 3 is 2.69 bits per heavy atom. The molecule has 0 saturated carbocycles. The summed E-state index contributed by atoms with van der Waals surface area (Å²) in [5.41, 5.74) is 2.29. The van der Waals surface area contributed by atoms with Crippen molar-refractivity contribution < 1.29 is 14.0 Å². The van der Waals surface area contributed by atoms with Gasteiger partial charge in [0.05, 0.1) is 12.5 Å². The Balaban J connectivity index is 1.22. The van der Waals surface area contributed by atoms with Gasteiger partial charge in [0.2, 0.25) is 5.91 Å². The molecule has 0 radical (unpaired) electrons. The zero-order valence-corrected chi connectivity index (χ0v) is 16.7. The van der Waals surface area contributed by atoms with Gasteiger partial charge in [-0.25, -0.2) is 4.98 Å². The number of carbonyl (C=O) groups is 2. The van der Waals surface area contributed by atoms with Gasteiger partial charge in [-0.3, -0.25) is 9.59 Å². The second-order valence-corrected chi connectivity index (χ2v) is 8.47. The molecule has 2 amide bonds. The minimum atomic E-state index is -0.0228. The maximum absolute atomic E-state index is 13.0. The van der Waals surface area contributed by atoms with E-state index >= 15 is 0 Å². The number of furan rings is 1. The van der Waals surface area contributed by atoms with Crippen LogP contribution in [0.15, 0.2) is 53.3 Å². The molecule has 0 bridgehead atoms. The highest BCUT2D eigenvalue weighted by Crippen LogP contribution is 2.32. The average Bonchev–Trinajstić information content (AvgIpc) is 3.53. The van der Waals surface area contributed by atoms with Crippen LogP contribution in [0.5, 0.6) is 0 Å². The lowest BCUT2D eigenvalue weighted by Crippen LogP contribution is -2.44. The van der Waals surface area contributed by atoms with Gasteiger partial charge in [-0.05, 0) is 43.0 Å². The molecule has 5 rings (SSSR count). The number of rotatable bonds is 3. The van der Waals surface area contributed by atoms with Crippen LogP contribution >= 0.6 is 11.3 Å². The van der Waals surface area contributed by atoms with Crippen LogP contribution in [0.2, 0.25) is 0 Å². The summed E-state index contributed by atoms with van der Waals surface area (Å²) in [6.07, 6.45) is 5.53. The summed E-state index contributed by atoms with van der Waals surface area (Å²) in [5.74, 6) is 0.826. The minimum absolute atomic E-state index is 0.0160. The van der Waals surface area contributed by atoms with E-state index in [0.29, 0.717) is 41.6 Å². The van der Waals surface area contributed by atoms with Crippen molar-refractivity contribution in [2.24, 2.45) is 5.92 Å². The third kappa shape index (κ3) is 3.35. The van der Waals surface area contributed by atoms with Crippen LogP contribution in [0.4, 0.5) is 5.69 Å². The van der Waals surface area contributed by atoms with Gasteiger partial charge in [-0.15, -0.1) is 11.3 Å².